The second kappa shape index (κ2) is 8.90. The zero-order valence-corrected chi connectivity index (χ0v) is 15.7. The first-order valence-electron chi connectivity index (χ1n) is 8.93. The molecule has 0 spiro atoms. The van der Waals surface area contributed by atoms with Crippen LogP contribution in [0.5, 0.6) is 0 Å². The molecule has 5 heteroatoms. The Bertz CT molecular complexity index is 736. The lowest BCUT2D eigenvalue weighted by Crippen LogP contribution is -2.49. The number of benzene rings is 2. The molecule has 1 fully saturated rings. The molecule has 0 aliphatic carbocycles. The van der Waals surface area contributed by atoms with Crippen molar-refractivity contribution in [3.05, 3.63) is 71.8 Å². The highest BCUT2D eigenvalue weighted by atomic mass is 32.2. The number of hydrogen-bond donors (Lipinski definition) is 1. The molecule has 0 saturated carbocycles. The molecular weight excluding hydrogens is 344 g/mol. The van der Waals surface area contributed by atoms with Crippen LogP contribution in [0.4, 0.5) is 0 Å². The minimum absolute atomic E-state index is 0.0557. The van der Waals surface area contributed by atoms with Gasteiger partial charge < -0.3 is 10.2 Å². The van der Waals surface area contributed by atoms with E-state index >= 15 is 0 Å². The Labute approximate surface area is 159 Å². The van der Waals surface area contributed by atoms with E-state index in [4.69, 9.17) is 0 Å². The number of rotatable bonds is 6. The number of nitrogens with one attached hydrogen (secondary N) is 1. The molecular formula is C21H24N2O2S. The van der Waals surface area contributed by atoms with E-state index in [1.54, 1.807) is 28.8 Å². The number of hydrogen-bond acceptors (Lipinski definition) is 3. The average Bonchev–Trinajstić information content (AvgIpc) is 3.17. The largest absolute Gasteiger partial charge is 0.352 e. The fourth-order valence-corrected chi connectivity index (χ4v) is 4.20. The van der Waals surface area contributed by atoms with Gasteiger partial charge in [0.1, 0.15) is 6.04 Å². The first kappa shape index (κ1) is 18.5. The van der Waals surface area contributed by atoms with Crippen LogP contribution < -0.4 is 5.32 Å². The summed E-state index contributed by atoms with van der Waals surface area (Å²) < 4.78 is 0. The zero-order valence-electron chi connectivity index (χ0n) is 14.9. The molecule has 0 bridgehead atoms. The van der Waals surface area contributed by atoms with Gasteiger partial charge in [-0.05, 0) is 37.5 Å². The van der Waals surface area contributed by atoms with Crippen molar-refractivity contribution in [1.29, 1.82) is 0 Å². The fourth-order valence-electron chi connectivity index (χ4n) is 3.05. The molecule has 26 heavy (non-hydrogen) atoms. The molecule has 136 valence electrons. The van der Waals surface area contributed by atoms with Gasteiger partial charge in [-0.15, -0.1) is 11.8 Å². The Morgan fingerprint density at radius 2 is 1.77 bits per heavy atom. The van der Waals surface area contributed by atoms with Crippen LogP contribution in [0.2, 0.25) is 0 Å². The average molecular weight is 369 g/mol. The predicted molar refractivity (Wildman–Crippen MR) is 106 cm³/mol. The Morgan fingerprint density at radius 1 is 1.12 bits per heavy atom. The van der Waals surface area contributed by atoms with Gasteiger partial charge in [0, 0.05) is 17.4 Å². The van der Waals surface area contributed by atoms with Gasteiger partial charge in [0.05, 0.1) is 5.88 Å². The summed E-state index contributed by atoms with van der Waals surface area (Å²) in [6, 6.07) is 19.1. The van der Waals surface area contributed by atoms with Gasteiger partial charge in [-0.2, -0.15) is 0 Å². The van der Waals surface area contributed by atoms with Crippen molar-refractivity contribution in [2.45, 2.75) is 31.8 Å². The molecule has 2 aromatic rings. The van der Waals surface area contributed by atoms with Crippen molar-refractivity contribution in [1.82, 2.24) is 10.2 Å². The quantitative estimate of drug-likeness (QED) is 0.851. The van der Waals surface area contributed by atoms with E-state index in [-0.39, 0.29) is 17.9 Å². The molecule has 3 rings (SSSR count). The molecule has 0 radical (unpaired) electrons. The first-order valence-corrected chi connectivity index (χ1v) is 10.1. The monoisotopic (exact) mass is 368 g/mol. The summed E-state index contributed by atoms with van der Waals surface area (Å²) in [7, 11) is 0. The van der Waals surface area contributed by atoms with Gasteiger partial charge in [0.2, 0.25) is 5.91 Å². The van der Waals surface area contributed by atoms with Crippen LogP contribution in [0.3, 0.4) is 0 Å². The van der Waals surface area contributed by atoms with Crippen molar-refractivity contribution in [2.75, 3.05) is 11.6 Å². The van der Waals surface area contributed by atoms with E-state index in [0.29, 0.717) is 17.2 Å². The molecule has 1 N–H and O–H groups in total. The van der Waals surface area contributed by atoms with Crippen molar-refractivity contribution in [3.8, 4) is 0 Å². The lowest BCUT2D eigenvalue weighted by Gasteiger charge is -2.25. The van der Waals surface area contributed by atoms with Crippen molar-refractivity contribution in [3.63, 3.8) is 0 Å². The van der Waals surface area contributed by atoms with Gasteiger partial charge in [0.25, 0.3) is 5.91 Å². The molecule has 2 atom stereocenters. The predicted octanol–water partition coefficient (Wildman–Crippen LogP) is 3.34. The number of amides is 2. The van der Waals surface area contributed by atoms with E-state index in [0.717, 1.165) is 12.8 Å². The Hall–Kier alpha value is -2.27. The maximum Gasteiger partial charge on any atom is 0.255 e. The second-order valence-electron chi connectivity index (χ2n) is 6.59. The molecule has 2 aromatic carbocycles. The van der Waals surface area contributed by atoms with Crippen LogP contribution >= 0.6 is 11.8 Å². The van der Waals surface area contributed by atoms with Gasteiger partial charge in [-0.3, -0.25) is 9.59 Å². The molecule has 1 saturated heterocycles. The minimum atomic E-state index is -0.396. The van der Waals surface area contributed by atoms with E-state index in [1.807, 2.05) is 43.3 Å². The fraction of sp³-hybridized carbons (Fsp3) is 0.333. The molecule has 1 heterocycles. The summed E-state index contributed by atoms with van der Waals surface area (Å²) in [5.74, 6) is 1.08. The highest BCUT2D eigenvalue weighted by Crippen LogP contribution is 2.23. The zero-order chi connectivity index (χ0) is 18.4. The topological polar surface area (TPSA) is 49.4 Å². The van der Waals surface area contributed by atoms with E-state index in [1.165, 1.54) is 5.56 Å². The third kappa shape index (κ3) is 4.67. The van der Waals surface area contributed by atoms with Crippen LogP contribution in [0.25, 0.3) is 0 Å². The van der Waals surface area contributed by atoms with Crippen LogP contribution in [0.1, 0.15) is 29.3 Å². The summed E-state index contributed by atoms with van der Waals surface area (Å²) >= 11 is 1.62. The molecule has 2 amide bonds. The normalized spacial score (nSPS) is 17.7. The SMILES string of the molecule is CC(CCc1ccccc1)NC(=O)[C@@H]1CSCN1C(=O)c1ccccc1. The molecule has 1 unspecified atom stereocenters. The van der Waals surface area contributed by atoms with Gasteiger partial charge in [0.15, 0.2) is 0 Å². The summed E-state index contributed by atoms with van der Waals surface area (Å²) in [5.41, 5.74) is 1.90. The first-order chi connectivity index (χ1) is 12.6. The van der Waals surface area contributed by atoms with Gasteiger partial charge >= 0.3 is 0 Å². The van der Waals surface area contributed by atoms with E-state index in [9.17, 15) is 9.59 Å². The van der Waals surface area contributed by atoms with Crippen LogP contribution in [0, 0.1) is 0 Å². The smallest absolute Gasteiger partial charge is 0.255 e. The summed E-state index contributed by atoms with van der Waals surface area (Å²) in [6.45, 7) is 2.02. The summed E-state index contributed by atoms with van der Waals surface area (Å²) in [5, 5.41) is 3.08. The van der Waals surface area contributed by atoms with Crippen molar-refractivity contribution in [2.24, 2.45) is 0 Å². The Balaban J connectivity index is 1.55. The lowest BCUT2D eigenvalue weighted by atomic mass is 10.1. The maximum atomic E-state index is 12.7. The number of carbonyl (C=O) groups is 2. The molecule has 1 aliphatic heterocycles. The van der Waals surface area contributed by atoms with Gasteiger partial charge in [-0.25, -0.2) is 0 Å². The number of carbonyl (C=O) groups excluding carboxylic acids is 2. The number of nitrogens with zero attached hydrogens (tertiary/aromatic N) is 1. The van der Waals surface area contributed by atoms with Crippen molar-refractivity contribution < 1.29 is 9.59 Å². The third-order valence-electron chi connectivity index (χ3n) is 4.56. The summed E-state index contributed by atoms with van der Waals surface area (Å²) in [4.78, 5) is 27.1. The highest BCUT2D eigenvalue weighted by Gasteiger charge is 2.35. The molecule has 1 aliphatic rings. The Kier molecular flexibility index (Phi) is 6.34. The standard InChI is InChI=1S/C21H24N2O2S/c1-16(12-13-17-8-4-2-5-9-17)22-20(24)19-14-26-15-23(19)21(25)18-10-6-3-7-11-18/h2-11,16,19H,12-15H2,1H3,(H,22,24)/t16?,19-/m0/s1. The van der Waals surface area contributed by atoms with Crippen molar-refractivity contribution >= 4 is 23.6 Å². The van der Waals surface area contributed by atoms with E-state index in [2.05, 4.69) is 17.4 Å². The third-order valence-corrected chi connectivity index (χ3v) is 5.58. The number of thioether (sulfide) groups is 1. The maximum absolute atomic E-state index is 12.7. The van der Waals surface area contributed by atoms with E-state index < -0.39 is 6.04 Å². The Morgan fingerprint density at radius 3 is 2.46 bits per heavy atom. The van der Waals surface area contributed by atoms with Crippen LogP contribution in [-0.2, 0) is 11.2 Å². The molecule has 0 aromatic heterocycles. The lowest BCUT2D eigenvalue weighted by molar-refractivity contribution is -0.125. The van der Waals surface area contributed by atoms with Crippen LogP contribution in [-0.4, -0.2) is 40.4 Å². The molecule has 4 nitrogen and oxygen atoms in total. The highest BCUT2D eigenvalue weighted by molar-refractivity contribution is 7.99. The number of aryl methyl sites for hydroxylation is 1. The summed E-state index contributed by atoms with van der Waals surface area (Å²) in [6.07, 6.45) is 1.80. The van der Waals surface area contributed by atoms with Gasteiger partial charge in [-0.1, -0.05) is 48.5 Å². The van der Waals surface area contributed by atoms with Crippen LogP contribution in [0.15, 0.2) is 60.7 Å². The minimum Gasteiger partial charge on any atom is -0.352 e. The second-order valence-corrected chi connectivity index (χ2v) is 7.59.